The number of para-hydroxylation sites is 1. The van der Waals surface area contributed by atoms with Crippen molar-refractivity contribution in [1.82, 2.24) is 4.98 Å². The highest BCUT2D eigenvalue weighted by molar-refractivity contribution is 5.87. The molecule has 0 aliphatic heterocycles. The first-order valence-electron chi connectivity index (χ1n) is 7.84. The van der Waals surface area contributed by atoms with Crippen LogP contribution in [-0.2, 0) is 30.5 Å². The number of aliphatic carboxylic acids is 1. The van der Waals surface area contributed by atoms with E-state index < -0.39 is 5.97 Å². The van der Waals surface area contributed by atoms with Crippen LogP contribution < -0.4 is 0 Å². The van der Waals surface area contributed by atoms with Crippen LogP contribution in [0.3, 0.4) is 0 Å². The molecule has 3 heteroatoms. The summed E-state index contributed by atoms with van der Waals surface area (Å²) in [5.74, 6) is -0.726. The largest absolute Gasteiger partial charge is 0.481 e. The van der Waals surface area contributed by atoms with Crippen LogP contribution in [0.2, 0.25) is 0 Å². The number of benzene rings is 1. The number of aromatic nitrogens is 1. The van der Waals surface area contributed by atoms with E-state index in [1.807, 2.05) is 0 Å². The van der Waals surface area contributed by atoms with Gasteiger partial charge in [0.15, 0.2) is 0 Å². The van der Waals surface area contributed by atoms with Crippen LogP contribution in [0.15, 0.2) is 18.2 Å². The molecule has 1 aliphatic carbocycles. The van der Waals surface area contributed by atoms with Crippen LogP contribution in [0, 0.1) is 0 Å². The molecular weight excluding hydrogens is 262 g/mol. The molecule has 0 saturated carbocycles. The van der Waals surface area contributed by atoms with Crippen molar-refractivity contribution >= 4 is 16.9 Å². The van der Waals surface area contributed by atoms with Crippen molar-refractivity contribution in [2.24, 2.45) is 0 Å². The monoisotopic (exact) mass is 283 g/mol. The summed E-state index contributed by atoms with van der Waals surface area (Å²) in [6, 6.07) is 6.31. The quantitative estimate of drug-likeness (QED) is 0.931. The summed E-state index contributed by atoms with van der Waals surface area (Å²) in [6.07, 6.45) is 6.23. The predicted octanol–water partition coefficient (Wildman–Crippen LogP) is 3.69. The Morgan fingerprint density at radius 3 is 2.86 bits per heavy atom. The van der Waals surface area contributed by atoms with Gasteiger partial charge in [-0.3, -0.25) is 9.78 Å². The fourth-order valence-electron chi connectivity index (χ4n) is 3.41. The third kappa shape index (κ3) is 2.65. The number of fused-ring (bicyclic) bond motifs is 2. The maximum atomic E-state index is 11.0. The summed E-state index contributed by atoms with van der Waals surface area (Å²) in [7, 11) is 0. The van der Waals surface area contributed by atoms with Crippen LogP contribution in [0.25, 0.3) is 10.9 Å². The minimum Gasteiger partial charge on any atom is -0.481 e. The van der Waals surface area contributed by atoms with E-state index in [1.165, 1.54) is 35.2 Å². The summed E-state index contributed by atoms with van der Waals surface area (Å²) in [6.45, 7) is 2.15. The second-order valence-electron chi connectivity index (χ2n) is 5.78. The number of rotatable bonds is 4. The highest BCUT2D eigenvalue weighted by Gasteiger charge is 2.19. The Morgan fingerprint density at radius 1 is 1.29 bits per heavy atom. The van der Waals surface area contributed by atoms with Crippen molar-refractivity contribution in [3.8, 4) is 0 Å². The van der Waals surface area contributed by atoms with E-state index in [9.17, 15) is 4.79 Å². The number of carbonyl (C=O) groups is 1. The number of hydrogen-bond donors (Lipinski definition) is 1. The molecular formula is C18H21NO2. The molecule has 1 aliphatic rings. The maximum Gasteiger partial charge on any atom is 0.303 e. The number of pyridine rings is 1. The van der Waals surface area contributed by atoms with E-state index >= 15 is 0 Å². The molecule has 0 amide bonds. The highest BCUT2D eigenvalue weighted by Crippen LogP contribution is 2.31. The van der Waals surface area contributed by atoms with Crippen molar-refractivity contribution in [1.29, 1.82) is 0 Å². The number of carboxylic acid groups (broad SMARTS) is 1. The highest BCUT2D eigenvalue weighted by atomic mass is 16.4. The molecule has 21 heavy (non-hydrogen) atoms. The van der Waals surface area contributed by atoms with Crippen LogP contribution in [0.1, 0.15) is 48.6 Å². The second-order valence-corrected chi connectivity index (χ2v) is 5.78. The zero-order valence-electron chi connectivity index (χ0n) is 12.5. The van der Waals surface area contributed by atoms with E-state index in [0.717, 1.165) is 30.2 Å². The zero-order valence-corrected chi connectivity index (χ0v) is 12.5. The van der Waals surface area contributed by atoms with Crippen molar-refractivity contribution in [3.05, 3.63) is 40.6 Å². The summed E-state index contributed by atoms with van der Waals surface area (Å²) in [5.41, 5.74) is 6.10. The topological polar surface area (TPSA) is 50.2 Å². The van der Waals surface area contributed by atoms with E-state index in [-0.39, 0.29) is 6.42 Å². The van der Waals surface area contributed by atoms with E-state index in [2.05, 4.69) is 25.1 Å². The SMILES string of the molecule is CCc1cccc2c(CCC(=O)O)c3c(nc12)CCCC3. The molecule has 1 aromatic carbocycles. The number of carboxylic acids is 1. The summed E-state index contributed by atoms with van der Waals surface area (Å²) in [5, 5.41) is 10.2. The molecule has 110 valence electrons. The molecule has 0 spiro atoms. The lowest BCUT2D eigenvalue weighted by Crippen LogP contribution is -2.11. The van der Waals surface area contributed by atoms with Gasteiger partial charge in [0, 0.05) is 17.5 Å². The molecule has 0 fully saturated rings. The normalized spacial score (nSPS) is 14.1. The maximum absolute atomic E-state index is 11.0. The Kier molecular flexibility index (Phi) is 3.91. The van der Waals surface area contributed by atoms with Gasteiger partial charge in [0.1, 0.15) is 0 Å². The van der Waals surface area contributed by atoms with Crippen molar-refractivity contribution in [2.75, 3.05) is 0 Å². The molecule has 0 radical (unpaired) electrons. The summed E-state index contributed by atoms with van der Waals surface area (Å²) < 4.78 is 0. The number of aryl methyl sites for hydroxylation is 3. The van der Waals surface area contributed by atoms with E-state index in [4.69, 9.17) is 10.1 Å². The molecule has 0 saturated heterocycles. The third-order valence-electron chi connectivity index (χ3n) is 4.46. The molecule has 0 bridgehead atoms. The number of hydrogen-bond acceptors (Lipinski definition) is 2. The lowest BCUT2D eigenvalue weighted by atomic mass is 9.87. The van der Waals surface area contributed by atoms with Gasteiger partial charge in [0.25, 0.3) is 0 Å². The van der Waals surface area contributed by atoms with Crippen LogP contribution in [0.5, 0.6) is 0 Å². The van der Waals surface area contributed by atoms with Crippen LogP contribution >= 0.6 is 0 Å². The first kappa shape index (κ1) is 14.1. The molecule has 3 rings (SSSR count). The Bertz CT molecular complexity index is 691. The van der Waals surface area contributed by atoms with Crippen molar-refractivity contribution in [3.63, 3.8) is 0 Å². The van der Waals surface area contributed by atoms with Crippen LogP contribution in [0.4, 0.5) is 0 Å². The van der Waals surface area contributed by atoms with Gasteiger partial charge < -0.3 is 5.11 Å². The third-order valence-corrected chi connectivity index (χ3v) is 4.46. The lowest BCUT2D eigenvalue weighted by molar-refractivity contribution is -0.136. The lowest BCUT2D eigenvalue weighted by Gasteiger charge is -2.21. The Balaban J connectivity index is 2.21. The van der Waals surface area contributed by atoms with Gasteiger partial charge >= 0.3 is 5.97 Å². The second kappa shape index (κ2) is 5.84. The average molecular weight is 283 g/mol. The predicted molar refractivity (Wildman–Crippen MR) is 83.7 cm³/mol. The van der Waals surface area contributed by atoms with Crippen molar-refractivity contribution < 1.29 is 9.90 Å². The summed E-state index contributed by atoms with van der Waals surface area (Å²) in [4.78, 5) is 15.9. The minimum absolute atomic E-state index is 0.196. The Hall–Kier alpha value is -1.90. The molecule has 0 atom stereocenters. The van der Waals surface area contributed by atoms with Gasteiger partial charge in [-0.2, -0.15) is 0 Å². The fraction of sp³-hybridized carbons (Fsp3) is 0.444. The van der Waals surface area contributed by atoms with Gasteiger partial charge in [-0.1, -0.05) is 25.1 Å². The molecule has 3 nitrogen and oxygen atoms in total. The molecule has 1 aromatic heterocycles. The van der Waals surface area contributed by atoms with Gasteiger partial charge in [0.05, 0.1) is 5.52 Å². The van der Waals surface area contributed by atoms with Crippen molar-refractivity contribution in [2.45, 2.75) is 51.9 Å². The van der Waals surface area contributed by atoms with Crippen LogP contribution in [-0.4, -0.2) is 16.1 Å². The zero-order chi connectivity index (χ0) is 14.8. The standard InChI is InChI=1S/C18H21NO2/c1-2-12-6-5-8-15-13(10-11-17(20)21)14-7-3-4-9-16(14)19-18(12)15/h5-6,8H,2-4,7,9-11H2,1H3,(H,20,21). The van der Waals surface area contributed by atoms with Gasteiger partial charge in [-0.05, 0) is 55.2 Å². The van der Waals surface area contributed by atoms with Gasteiger partial charge in [0.2, 0.25) is 0 Å². The smallest absolute Gasteiger partial charge is 0.303 e. The first-order chi connectivity index (χ1) is 10.2. The molecule has 0 unspecified atom stereocenters. The Morgan fingerprint density at radius 2 is 2.10 bits per heavy atom. The molecule has 2 aromatic rings. The average Bonchev–Trinajstić information content (AvgIpc) is 2.50. The number of nitrogens with zero attached hydrogens (tertiary/aromatic N) is 1. The first-order valence-corrected chi connectivity index (χ1v) is 7.84. The molecule has 1 heterocycles. The fourth-order valence-corrected chi connectivity index (χ4v) is 3.41. The summed E-state index contributed by atoms with van der Waals surface area (Å²) >= 11 is 0. The van der Waals surface area contributed by atoms with Gasteiger partial charge in [-0.15, -0.1) is 0 Å². The Labute approximate surface area is 125 Å². The van der Waals surface area contributed by atoms with E-state index in [0.29, 0.717) is 6.42 Å². The minimum atomic E-state index is -0.726. The molecule has 1 N–H and O–H groups in total. The van der Waals surface area contributed by atoms with Gasteiger partial charge in [-0.25, -0.2) is 0 Å². The van der Waals surface area contributed by atoms with E-state index in [1.54, 1.807) is 0 Å².